The van der Waals surface area contributed by atoms with Gasteiger partial charge in [0.1, 0.15) is 6.54 Å². The maximum absolute atomic E-state index is 12.3. The minimum Gasteiger partial charge on any atom is -0.462 e. The summed E-state index contributed by atoms with van der Waals surface area (Å²) in [6, 6.07) is 13.4. The fourth-order valence-electron chi connectivity index (χ4n) is 2.53. The van der Waals surface area contributed by atoms with Crippen LogP contribution in [0.5, 0.6) is 0 Å². The third-order valence-electron chi connectivity index (χ3n) is 3.74. The predicted molar refractivity (Wildman–Crippen MR) is 97.0 cm³/mol. The Morgan fingerprint density at radius 3 is 2.58 bits per heavy atom. The molecular weight excluding hydrogens is 334 g/mol. The molecule has 1 amide bonds. The predicted octanol–water partition coefficient (Wildman–Crippen LogP) is 2.21. The van der Waals surface area contributed by atoms with E-state index in [0.717, 1.165) is 0 Å². The van der Waals surface area contributed by atoms with Gasteiger partial charge in [-0.05, 0) is 43.3 Å². The van der Waals surface area contributed by atoms with E-state index >= 15 is 0 Å². The number of aromatic nitrogens is 2. The lowest BCUT2D eigenvalue weighted by atomic mass is 10.2. The first-order valence-corrected chi connectivity index (χ1v) is 8.10. The van der Waals surface area contributed by atoms with E-state index in [1.807, 2.05) is 0 Å². The fraction of sp³-hybridized carbons (Fsp3) is 0.158. The average molecular weight is 351 g/mol. The number of nitrogens with zero attached hydrogens (tertiary/aromatic N) is 2. The highest BCUT2D eigenvalue weighted by Gasteiger charge is 2.10. The van der Waals surface area contributed by atoms with Crippen molar-refractivity contribution in [3.63, 3.8) is 0 Å². The highest BCUT2D eigenvalue weighted by molar-refractivity contribution is 5.93. The maximum Gasteiger partial charge on any atom is 0.338 e. The van der Waals surface area contributed by atoms with E-state index in [2.05, 4.69) is 10.4 Å². The largest absolute Gasteiger partial charge is 0.462 e. The van der Waals surface area contributed by atoms with E-state index in [9.17, 15) is 14.4 Å². The monoisotopic (exact) mass is 351 g/mol. The maximum atomic E-state index is 12.3. The van der Waals surface area contributed by atoms with Gasteiger partial charge in [0.05, 0.1) is 23.9 Å². The molecule has 1 N–H and O–H groups in total. The van der Waals surface area contributed by atoms with E-state index in [0.29, 0.717) is 28.8 Å². The Balaban J connectivity index is 1.73. The zero-order valence-corrected chi connectivity index (χ0v) is 14.1. The van der Waals surface area contributed by atoms with Crippen LogP contribution in [-0.4, -0.2) is 28.3 Å². The van der Waals surface area contributed by atoms with Crippen LogP contribution < -0.4 is 10.7 Å². The third kappa shape index (κ3) is 3.77. The molecule has 0 bridgehead atoms. The minimum absolute atomic E-state index is 0.0412. The summed E-state index contributed by atoms with van der Waals surface area (Å²) < 4.78 is 6.39. The minimum atomic E-state index is -0.408. The molecule has 0 aliphatic rings. The van der Waals surface area contributed by atoms with Crippen molar-refractivity contribution in [1.82, 2.24) is 9.78 Å². The quantitative estimate of drug-likeness (QED) is 0.712. The van der Waals surface area contributed by atoms with Crippen molar-refractivity contribution in [3.05, 3.63) is 70.5 Å². The fourth-order valence-corrected chi connectivity index (χ4v) is 2.53. The van der Waals surface area contributed by atoms with Crippen molar-refractivity contribution in [1.29, 1.82) is 0 Å². The number of fused-ring (bicyclic) bond motifs is 1. The summed E-state index contributed by atoms with van der Waals surface area (Å²) in [6.07, 6.45) is 1.20. The van der Waals surface area contributed by atoms with Gasteiger partial charge in [-0.3, -0.25) is 14.3 Å². The van der Waals surface area contributed by atoms with Crippen molar-refractivity contribution in [2.75, 3.05) is 11.9 Å². The molecule has 2 aromatic carbocycles. The molecule has 0 aliphatic carbocycles. The van der Waals surface area contributed by atoms with Gasteiger partial charge in [-0.1, -0.05) is 12.1 Å². The Labute approximate surface area is 149 Å². The lowest BCUT2D eigenvalue weighted by Gasteiger charge is -2.10. The molecule has 0 atom stereocenters. The van der Waals surface area contributed by atoms with Crippen LogP contribution in [0, 0.1) is 0 Å². The summed E-state index contributed by atoms with van der Waals surface area (Å²) in [5, 5.41) is 7.27. The van der Waals surface area contributed by atoms with Gasteiger partial charge in [0.2, 0.25) is 11.3 Å². The molecule has 0 saturated heterocycles. The summed E-state index contributed by atoms with van der Waals surface area (Å²) in [5.74, 6) is -0.704. The number of nitrogens with one attached hydrogen (secondary N) is 1. The molecule has 3 rings (SSSR count). The Bertz CT molecular complexity index is 1010. The normalized spacial score (nSPS) is 10.5. The number of ether oxygens (including phenoxy) is 1. The molecule has 7 nitrogen and oxygen atoms in total. The molecule has 26 heavy (non-hydrogen) atoms. The van der Waals surface area contributed by atoms with Crippen LogP contribution in [0.15, 0.2) is 59.5 Å². The van der Waals surface area contributed by atoms with Gasteiger partial charge in [-0.25, -0.2) is 4.79 Å². The molecule has 1 aromatic heterocycles. The van der Waals surface area contributed by atoms with Crippen molar-refractivity contribution in [2.24, 2.45) is 0 Å². The number of hydrogen-bond donors (Lipinski definition) is 1. The van der Waals surface area contributed by atoms with Crippen LogP contribution >= 0.6 is 0 Å². The standard InChI is InChI=1S/C19H17N3O4/c1-2-26-19(25)13-7-9-14(10-8-13)21-18(24)12-22-16-6-4-3-5-15(16)17(23)11-20-22/h3-11H,2,12H2,1H3,(H,21,24). The molecule has 1 heterocycles. The Morgan fingerprint density at radius 1 is 1.12 bits per heavy atom. The van der Waals surface area contributed by atoms with E-state index in [4.69, 9.17) is 4.74 Å². The zero-order chi connectivity index (χ0) is 18.5. The number of para-hydroxylation sites is 1. The van der Waals surface area contributed by atoms with Gasteiger partial charge in [-0.15, -0.1) is 0 Å². The van der Waals surface area contributed by atoms with E-state index in [1.165, 1.54) is 10.9 Å². The molecule has 3 aromatic rings. The smallest absolute Gasteiger partial charge is 0.338 e. The second-order valence-electron chi connectivity index (χ2n) is 5.53. The molecule has 0 unspecified atom stereocenters. The molecular formula is C19H17N3O4. The van der Waals surface area contributed by atoms with Crippen molar-refractivity contribution < 1.29 is 14.3 Å². The zero-order valence-electron chi connectivity index (χ0n) is 14.1. The highest BCUT2D eigenvalue weighted by atomic mass is 16.5. The van der Waals surface area contributed by atoms with Crippen molar-refractivity contribution in [3.8, 4) is 0 Å². The Kier molecular flexibility index (Phi) is 5.07. The van der Waals surface area contributed by atoms with Crippen LogP contribution in [-0.2, 0) is 16.1 Å². The summed E-state index contributed by atoms with van der Waals surface area (Å²) >= 11 is 0. The van der Waals surface area contributed by atoms with E-state index < -0.39 is 5.97 Å². The van der Waals surface area contributed by atoms with Gasteiger partial charge >= 0.3 is 5.97 Å². The molecule has 0 aliphatic heterocycles. The Morgan fingerprint density at radius 2 is 1.85 bits per heavy atom. The lowest BCUT2D eigenvalue weighted by molar-refractivity contribution is -0.116. The number of carbonyl (C=O) groups is 2. The van der Waals surface area contributed by atoms with Gasteiger partial charge in [0.25, 0.3) is 0 Å². The topological polar surface area (TPSA) is 90.3 Å². The summed E-state index contributed by atoms with van der Waals surface area (Å²) in [4.78, 5) is 35.7. The second kappa shape index (κ2) is 7.60. The van der Waals surface area contributed by atoms with Crippen LogP contribution in [0.1, 0.15) is 17.3 Å². The van der Waals surface area contributed by atoms with Crippen molar-refractivity contribution >= 4 is 28.5 Å². The number of esters is 1. The first kappa shape index (κ1) is 17.3. The third-order valence-corrected chi connectivity index (χ3v) is 3.74. The van der Waals surface area contributed by atoms with E-state index in [1.54, 1.807) is 55.5 Å². The molecule has 132 valence electrons. The SMILES string of the molecule is CCOC(=O)c1ccc(NC(=O)Cn2ncc(=O)c3ccccc32)cc1. The number of carbonyl (C=O) groups excluding carboxylic acids is 2. The molecule has 0 saturated carbocycles. The lowest BCUT2D eigenvalue weighted by Crippen LogP contribution is -2.22. The van der Waals surface area contributed by atoms with Gasteiger partial charge in [0.15, 0.2) is 0 Å². The first-order valence-electron chi connectivity index (χ1n) is 8.10. The number of rotatable bonds is 5. The number of anilines is 1. The summed E-state index contributed by atoms with van der Waals surface area (Å²) in [5.41, 5.74) is 1.37. The molecule has 0 radical (unpaired) electrons. The van der Waals surface area contributed by atoms with Gasteiger partial charge in [0, 0.05) is 11.1 Å². The van der Waals surface area contributed by atoms with Crippen LogP contribution in [0.4, 0.5) is 5.69 Å². The van der Waals surface area contributed by atoms with Crippen LogP contribution in [0.3, 0.4) is 0 Å². The number of hydrogen-bond acceptors (Lipinski definition) is 5. The molecule has 7 heteroatoms. The van der Waals surface area contributed by atoms with E-state index in [-0.39, 0.29) is 17.9 Å². The first-order chi connectivity index (χ1) is 12.6. The number of benzene rings is 2. The summed E-state index contributed by atoms with van der Waals surface area (Å²) in [6.45, 7) is 2.00. The molecule has 0 spiro atoms. The van der Waals surface area contributed by atoms with Crippen LogP contribution in [0.2, 0.25) is 0 Å². The van der Waals surface area contributed by atoms with Crippen molar-refractivity contribution in [2.45, 2.75) is 13.5 Å². The van der Waals surface area contributed by atoms with Gasteiger partial charge < -0.3 is 10.1 Å². The number of amides is 1. The van der Waals surface area contributed by atoms with Gasteiger partial charge in [-0.2, -0.15) is 5.10 Å². The summed E-state index contributed by atoms with van der Waals surface area (Å²) in [7, 11) is 0. The van der Waals surface area contributed by atoms with Crippen LogP contribution in [0.25, 0.3) is 10.9 Å². The highest BCUT2D eigenvalue weighted by Crippen LogP contribution is 2.12. The second-order valence-corrected chi connectivity index (χ2v) is 5.53. The Hall–Kier alpha value is -3.48. The molecule has 0 fully saturated rings. The average Bonchev–Trinajstić information content (AvgIpc) is 2.65.